The first kappa shape index (κ1) is 14.4. The number of alkyl halides is 1. The lowest BCUT2D eigenvalue weighted by atomic mass is 10.1. The van der Waals surface area contributed by atoms with Crippen molar-refractivity contribution in [3.63, 3.8) is 0 Å². The Hall–Kier alpha value is -0.960. The standard InChI is InChI=1S/C14H12Cl3NO/c1-8-5-10(16)6-9(2)14(8)19-13-4-3-11(17)12(7-15)18-13/h3-6H,7H2,1-2H3. The molecule has 0 radical (unpaired) electrons. The predicted molar refractivity (Wildman–Crippen MR) is 79.8 cm³/mol. The Kier molecular flexibility index (Phi) is 4.56. The quantitative estimate of drug-likeness (QED) is 0.694. The van der Waals surface area contributed by atoms with E-state index in [-0.39, 0.29) is 5.88 Å². The van der Waals surface area contributed by atoms with Crippen LogP contribution in [-0.2, 0) is 5.88 Å². The molecular formula is C14H12Cl3NO. The highest BCUT2D eigenvalue weighted by atomic mass is 35.5. The second kappa shape index (κ2) is 6.00. The number of hydrogen-bond acceptors (Lipinski definition) is 2. The minimum Gasteiger partial charge on any atom is -0.438 e. The van der Waals surface area contributed by atoms with E-state index in [2.05, 4.69) is 4.98 Å². The van der Waals surface area contributed by atoms with E-state index in [4.69, 9.17) is 39.5 Å². The van der Waals surface area contributed by atoms with E-state index in [1.807, 2.05) is 26.0 Å². The van der Waals surface area contributed by atoms with Crippen LogP contribution >= 0.6 is 34.8 Å². The summed E-state index contributed by atoms with van der Waals surface area (Å²) in [5.41, 5.74) is 2.51. The van der Waals surface area contributed by atoms with E-state index in [0.29, 0.717) is 21.6 Å². The highest BCUT2D eigenvalue weighted by molar-refractivity contribution is 6.32. The van der Waals surface area contributed by atoms with Gasteiger partial charge in [-0.3, -0.25) is 0 Å². The van der Waals surface area contributed by atoms with Gasteiger partial charge >= 0.3 is 0 Å². The maximum atomic E-state index is 5.99. The monoisotopic (exact) mass is 315 g/mol. The molecule has 0 saturated heterocycles. The van der Waals surface area contributed by atoms with Crippen molar-refractivity contribution < 1.29 is 4.74 Å². The largest absolute Gasteiger partial charge is 0.438 e. The summed E-state index contributed by atoms with van der Waals surface area (Å²) in [4.78, 5) is 4.27. The Morgan fingerprint density at radius 1 is 1.11 bits per heavy atom. The van der Waals surface area contributed by atoms with E-state index in [0.717, 1.165) is 16.9 Å². The molecule has 5 heteroatoms. The van der Waals surface area contributed by atoms with Crippen LogP contribution in [0, 0.1) is 13.8 Å². The van der Waals surface area contributed by atoms with Gasteiger partial charge in [-0.25, -0.2) is 4.98 Å². The van der Waals surface area contributed by atoms with Gasteiger partial charge in [0.15, 0.2) is 0 Å². The minimum atomic E-state index is 0.245. The van der Waals surface area contributed by atoms with Gasteiger partial charge in [0.05, 0.1) is 16.6 Å². The van der Waals surface area contributed by atoms with E-state index < -0.39 is 0 Å². The first-order chi connectivity index (χ1) is 9.01. The number of aromatic nitrogens is 1. The van der Waals surface area contributed by atoms with Crippen LogP contribution < -0.4 is 4.74 Å². The number of ether oxygens (including phenoxy) is 1. The third kappa shape index (κ3) is 3.33. The summed E-state index contributed by atoms with van der Waals surface area (Å²) in [6.45, 7) is 3.87. The van der Waals surface area contributed by atoms with E-state index in [9.17, 15) is 0 Å². The Morgan fingerprint density at radius 2 is 1.74 bits per heavy atom. The zero-order chi connectivity index (χ0) is 14.0. The third-order valence-electron chi connectivity index (χ3n) is 2.65. The molecule has 0 aliphatic carbocycles. The van der Waals surface area contributed by atoms with Crippen LogP contribution in [0.3, 0.4) is 0 Å². The van der Waals surface area contributed by atoms with Crippen LogP contribution in [0.25, 0.3) is 0 Å². The summed E-state index contributed by atoms with van der Waals surface area (Å²) in [5.74, 6) is 1.46. The fraction of sp³-hybridized carbons (Fsp3) is 0.214. The summed E-state index contributed by atoms with van der Waals surface area (Å²) in [7, 11) is 0. The van der Waals surface area contributed by atoms with Gasteiger partial charge in [0.25, 0.3) is 0 Å². The van der Waals surface area contributed by atoms with Crippen LogP contribution in [0.5, 0.6) is 11.6 Å². The highest BCUT2D eigenvalue weighted by Crippen LogP contribution is 2.31. The van der Waals surface area contributed by atoms with E-state index >= 15 is 0 Å². The van der Waals surface area contributed by atoms with Crippen molar-refractivity contribution >= 4 is 34.8 Å². The number of rotatable bonds is 3. The average molecular weight is 317 g/mol. The van der Waals surface area contributed by atoms with Crippen molar-refractivity contribution in [2.45, 2.75) is 19.7 Å². The fourth-order valence-corrected chi connectivity index (χ4v) is 2.55. The second-order valence-corrected chi connectivity index (χ2v) is 5.29. The maximum absolute atomic E-state index is 5.99. The zero-order valence-corrected chi connectivity index (χ0v) is 12.8. The van der Waals surface area contributed by atoms with Crippen LogP contribution in [0.15, 0.2) is 24.3 Å². The van der Waals surface area contributed by atoms with Gasteiger partial charge in [0.2, 0.25) is 5.88 Å². The lowest BCUT2D eigenvalue weighted by molar-refractivity contribution is 0.454. The summed E-state index contributed by atoms with van der Waals surface area (Å²) in [5, 5.41) is 1.22. The highest BCUT2D eigenvalue weighted by Gasteiger charge is 2.09. The van der Waals surface area contributed by atoms with Crippen LogP contribution in [0.1, 0.15) is 16.8 Å². The Morgan fingerprint density at radius 3 is 2.32 bits per heavy atom. The molecule has 1 aromatic heterocycles. The smallest absolute Gasteiger partial charge is 0.219 e. The lowest BCUT2D eigenvalue weighted by Crippen LogP contribution is -1.96. The molecule has 1 heterocycles. The molecule has 2 aromatic rings. The van der Waals surface area contributed by atoms with Crippen molar-refractivity contribution in [3.8, 4) is 11.6 Å². The zero-order valence-electron chi connectivity index (χ0n) is 10.5. The molecule has 0 saturated carbocycles. The van der Waals surface area contributed by atoms with Gasteiger partial charge in [-0.2, -0.15) is 0 Å². The third-order valence-corrected chi connectivity index (χ3v) is 3.47. The van der Waals surface area contributed by atoms with Crippen molar-refractivity contribution in [3.05, 3.63) is 51.1 Å². The number of pyridine rings is 1. The number of hydrogen-bond donors (Lipinski definition) is 0. The minimum absolute atomic E-state index is 0.245. The van der Waals surface area contributed by atoms with Crippen molar-refractivity contribution in [1.82, 2.24) is 4.98 Å². The van der Waals surface area contributed by atoms with Crippen molar-refractivity contribution in [2.75, 3.05) is 0 Å². The van der Waals surface area contributed by atoms with Crippen LogP contribution in [-0.4, -0.2) is 4.98 Å². The molecule has 0 fully saturated rings. The van der Waals surface area contributed by atoms with Crippen LogP contribution in [0.2, 0.25) is 10.0 Å². The van der Waals surface area contributed by atoms with Crippen molar-refractivity contribution in [2.24, 2.45) is 0 Å². The summed E-state index contributed by atoms with van der Waals surface area (Å²) in [6.07, 6.45) is 0. The molecule has 2 rings (SSSR count). The molecule has 0 amide bonds. The molecule has 100 valence electrons. The average Bonchev–Trinajstić information content (AvgIpc) is 2.35. The Labute approximate surface area is 127 Å². The number of nitrogens with zero attached hydrogens (tertiary/aromatic N) is 1. The summed E-state index contributed by atoms with van der Waals surface area (Å²) >= 11 is 17.7. The lowest BCUT2D eigenvalue weighted by Gasteiger charge is -2.12. The molecule has 0 bridgehead atoms. The molecule has 0 aliphatic heterocycles. The van der Waals surface area contributed by atoms with Gasteiger partial charge < -0.3 is 4.74 Å². The molecule has 1 aromatic carbocycles. The SMILES string of the molecule is Cc1cc(Cl)cc(C)c1Oc1ccc(Cl)c(CCl)n1. The molecule has 0 atom stereocenters. The normalized spacial score (nSPS) is 10.6. The first-order valence-corrected chi connectivity index (χ1v) is 6.96. The second-order valence-electron chi connectivity index (χ2n) is 4.18. The summed E-state index contributed by atoms with van der Waals surface area (Å²) in [6, 6.07) is 7.14. The number of aryl methyl sites for hydroxylation is 2. The summed E-state index contributed by atoms with van der Waals surface area (Å²) < 4.78 is 5.81. The van der Waals surface area contributed by atoms with Gasteiger partial charge in [0, 0.05) is 11.1 Å². The number of halogens is 3. The molecule has 0 aliphatic rings. The Balaban J connectivity index is 2.36. The number of benzene rings is 1. The van der Waals surface area contributed by atoms with Crippen molar-refractivity contribution in [1.29, 1.82) is 0 Å². The fourth-order valence-electron chi connectivity index (χ4n) is 1.78. The molecular weight excluding hydrogens is 305 g/mol. The van der Waals surface area contributed by atoms with E-state index in [1.54, 1.807) is 12.1 Å². The van der Waals surface area contributed by atoms with E-state index in [1.165, 1.54) is 0 Å². The van der Waals surface area contributed by atoms with Gasteiger partial charge in [0.1, 0.15) is 5.75 Å². The van der Waals surface area contributed by atoms with Gasteiger partial charge in [-0.15, -0.1) is 11.6 Å². The topological polar surface area (TPSA) is 22.1 Å². The molecule has 0 spiro atoms. The van der Waals surface area contributed by atoms with Gasteiger partial charge in [-0.05, 0) is 43.2 Å². The van der Waals surface area contributed by atoms with Crippen LogP contribution in [0.4, 0.5) is 0 Å². The maximum Gasteiger partial charge on any atom is 0.219 e. The Bertz CT molecular complexity index is 591. The predicted octanol–water partition coefficient (Wildman–Crippen LogP) is 5.54. The molecule has 0 N–H and O–H groups in total. The molecule has 0 unspecified atom stereocenters. The molecule has 19 heavy (non-hydrogen) atoms. The van der Waals surface area contributed by atoms with Gasteiger partial charge in [-0.1, -0.05) is 23.2 Å². The molecule has 2 nitrogen and oxygen atoms in total. The first-order valence-electron chi connectivity index (χ1n) is 5.67.